The summed E-state index contributed by atoms with van der Waals surface area (Å²) in [6, 6.07) is 9.39. The van der Waals surface area contributed by atoms with Crippen molar-refractivity contribution in [3.8, 4) is 11.7 Å². The van der Waals surface area contributed by atoms with Crippen LogP contribution in [-0.4, -0.2) is 31.8 Å². The molecule has 1 aromatic carbocycles. The van der Waals surface area contributed by atoms with Crippen LogP contribution in [0.5, 0.6) is 5.75 Å². The van der Waals surface area contributed by atoms with Crippen molar-refractivity contribution < 1.29 is 9.53 Å². The van der Waals surface area contributed by atoms with Gasteiger partial charge in [0.05, 0.1) is 18.1 Å². The summed E-state index contributed by atoms with van der Waals surface area (Å²) in [6.45, 7) is 0. The Hall–Kier alpha value is -3.22. The van der Waals surface area contributed by atoms with E-state index < -0.39 is 6.10 Å². The summed E-state index contributed by atoms with van der Waals surface area (Å²) in [4.78, 5) is 20.5. The van der Waals surface area contributed by atoms with E-state index in [4.69, 9.17) is 4.74 Å². The van der Waals surface area contributed by atoms with Crippen molar-refractivity contribution in [1.29, 1.82) is 0 Å². The second-order valence-electron chi connectivity index (χ2n) is 5.13. The number of fused-ring (bicyclic) bond motifs is 1. The maximum absolute atomic E-state index is 12.3. The number of carbonyl (C=O) groups excluding carboxylic acids is 1. The Balaban J connectivity index is 1.45. The molecular formula is C16H13N5O2. The van der Waals surface area contributed by atoms with E-state index in [1.807, 2.05) is 24.3 Å². The molecule has 0 saturated carbocycles. The quantitative estimate of drug-likeness (QED) is 0.795. The molecule has 0 spiro atoms. The molecule has 1 amide bonds. The molecule has 4 rings (SSSR count). The topological polar surface area (TPSA) is 81.9 Å². The van der Waals surface area contributed by atoms with Gasteiger partial charge in [-0.2, -0.15) is 5.10 Å². The van der Waals surface area contributed by atoms with Crippen molar-refractivity contribution in [3.63, 3.8) is 0 Å². The Morgan fingerprint density at radius 2 is 2.04 bits per heavy atom. The average molecular weight is 307 g/mol. The van der Waals surface area contributed by atoms with Gasteiger partial charge in [0.1, 0.15) is 5.75 Å². The number of ether oxygens (including phenoxy) is 1. The van der Waals surface area contributed by atoms with Gasteiger partial charge in [-0.15, -0.1) is 0 Å². The SMILES string of the molecule is O=C(Nc1cnn(-c2ncccn2)c1)[C@@H]1Cc2ccccc2O1. The van der Waals surface area contributed by atoms with E-state index in [-0.39, 0.29) is 5.91 Å². The zero-order valence-electron chi connectivity index (χ0n) is 12.1. The van der Waals surface area contributed by atoms with E-state index in [0.29, 0.717) is 18.1 Å². The van der Waals surface area contributed by atoms with Gasteiger partial charge in [-0.1, -0.05) is 18.2 Å². The Morgan fingerprint density at radius 1 is 1.22 bits per heavy atom. The second kappa shape index (κ2) is 5.53. The number of carbonyl (C=O) groups is 1. The summed E-state index contributed by atoms with van der Waals surface area (Å²) >= 11 is 0. The fraction of sp³-hybridized carbons (Fsp3) is 0.125. The number of nitrogens with zero attached hydrogens (tertiary/aromatic N) is 4. The number of para-hydroxylation sites is 1. The molecule has 0 unspecified atom stereocenters. The van der Waals surface area contributed by atoms with E-state index >= 15 is 0 Å². The van der Waals surface area contributed by atoms with Crippen molar-refractivity contribution in [2.45, 2.75) is 12.5 Å². The van der Waals surface area contributed by atoms with Gasteiger partial charge in [0, 0.05) is 18.8 Å². The van der Waals surface area contributed by atoms with E-state index in [1.54, 1.807) is 30.9 Å². The van der Waals surface area contributed by atoms with Crippen LogP contribution in [0.1, 0.15) is 5.56 Å². The van der Waals surface area contributed by atoms with Gasteiger partial charge in [0.2, 0.25) is 5.95 Å². The first kappa shape index (κ1) is 13.4. The van der Waals surface area contributed by atoms with E-state index in [2.05, 4.69) is 20.4 Å². The number of amides is 1. The Bertz CT molecular complexity index is 821. The summed E-state index contributed by atoms with van der Waals surface area (Å²) in [6.07, 6.45) is 6.52. The molecule has 114 valence electrons. The molecule has 0 aliphatic carbocycles. The zero-order valence-corrected chi connectivity index (χ0v) is 12.1. The van der Waals surface area contributed by atoms with Gasteiger partial charge < -0.3 is 10.1 Å². The summed E-state index contributed by atoms with van der Waals surface area (Å²) < 4.78 is 7.17. The molecule has 3 heterocycles. The van der Waals surface area contributed by atoms with Gasteiger partial charge in [0.15, 0.2) is 6.10 Å². The van der Waals surface area contributed by atoms with Crippen molar-refractivity contribution in [3.05, 3.63) is 60.7 Å². The third-order valence-corrected chi connectivity index (χ3v) is 3.55. The predicted octanol–water partition coefficient (Wildman–Crippen LogP) is 1.60. The van der Waals surface area contributed by atoms with Gasteiger partial charge in [0.25, 0.3) is 5.91 Å². The highest BCUT2D eigenvalue weighted by atomic mass is 16.5. The van der Waals surface area contributed by atoms with Crippen LogP contribution in [-0.2, 0) is 11.2 Å². The largest absolute Gasteiger partial charge is 0.480 e. The minimum absolute atomic E-state index is 0.199. The van der Waals surface area contributed by atoms with Gasteiger partial charge >= 0.3 is 0 Å². The fourth-order valence-corrected chi connectivity index (χ4v) is 2.46. The highest BCUT2D eigenvalue weighted by molar-refractivity contribution is 5.94. The lowest BCUT2D eigenvalue weighted by Crippen LogP contribution is -2.31. The first-order chi connectivity index (χ1) is 11.3. The van der Waals surface area contributed by atoms with Crippen LogP contribution in [0.15, 0.2) is 55.1 Å². The van der Waals surface area contributed by atoms with Crippen LogP contribution >= 0.6 is 0 Å². The summed E-state index contributed by atoms with van der Waals surface area (Å²) in [5.74, 6) is 1.01. The number of benzene rings is 1. The predicted molar refractivity (Wildman–Crippen MR) is 82.3 cm³/mol. The highest BCUT2D eigenvalue weighted by Gasteiger charge is 2.28. The van der Waals surface area contributed by atoms with Gasteiger partial charge in [-0.05, 0) is 17.7 Å². The van der Waals surface area contributed by atoms with Crippen LogP contribution in [0.2, 0.25) is 0 Å². The third kappa shape index (κ3) is 2.64. The van der Waals surface area contributed by atoms with Crippen molar-refractivity contribution in [2.75, 3.05) is 5.32 Å². The molecule has 1 atom stereocenters. The Kier molecular flexibility index (Phi) is 3.23. The molecule has 0 fully saturated rings. The third-order valence-electron chi connectivity index (χ3n) is 3.55. The molecule has 1 N–H and O–H groups in total. The van der Waals surface area contributed by atoms with Crippen molar-refractivity contribution in [2.24, 2.45) is 0 Å². The number of aromatic nitrogens is 4. The van der Waals surface area contributed by atoms with Crippen molar-refractivity contribution in [1.82, 2.24) is 19.7 Å². The fourth-order valence-electron chi connectivity index (χ4n) is 2.46. The van der Waals surface area contributed by atoms with Gasteiger partial charge in [-0.25, -0.2) is 14.6 Å². The van der Waals surface area contributed by atoms with Crippen LogP contribution in [0.25, 0.3) is 5.95 Å². The number of hydrogen-bond acceptors (Lipinski definition) is 5. The monoisotopic (exact) mass is 307 g/mol. The average Bonchev–Trinajstić information content (AvgIpc) is 3.22. The van der Waals surface area contributed by atoms with Gasteiger partial charge in [-0.3, -0.25) is 4.79 Å². The molecule has 1 aliphatic heterocycles. The minimum atomic E-state index is -0.524. The molecule has 0 radical (unpaired) electrons. The number of rotatable bonds is 3. The molecule has 7 heteroatoms. The summed E-state index contributed by atoms with van der Waals surface area (Å²) in [5.41, 5.74) is 1.61. The first-order valence-electron chi connectivity index (χ1n) is 7.17. The molecule has 23 heavy (non-hydrogen) atoms. The smallest absolute Gasteiger partial charge is 0.265 e. The number of nitrogens with one attached hydrogen (secondary N) is 1. The molecular weight excluding hydrogens is 294 g/mol. The Morgan fingerprint density at radius 3 is 2.87 bits per heavy atom. The Labute approximate surface area is 132 Å². The maximum atomic E-state index is 12.3. The number of hydrogen-bond donors (Lipinski definition) is 1. The minimum Gasteiger partial charge on any atom is -0.480 e. The zero-order chi connectivity index (χ0) is 15.6. The lowest BCUT2D eigenvalue weighted by atomic mass is 10.1. The molecule has 3 aromatic rings. The normalized spacial score (nSPS) is 15.7. The molecule has 7 nitrogen and oxygen atoms in total. The van der Waals surface area contributed by atoms with E-state index in [0.717, 1.165) is 11.3 Å². The molecule has 1 aliphatic rings. The van der Waals surface area contributed by atoms with Crippen LogP contribution in [0.4, 0.5) is 5.69 Å². The van der Waals surface area contributed by atoms with Crippen LogP contribution in [0.3, 0.4) is 0 Å². The highest BCUT2D eigenvalue weighted by Crippen LogP contribution is 2.28. The molecule has 2 aromatic heterocycles. The van der Waals surface area contributed by atoms with Crippen LogP contribution < -0.4 is 10.1 Å². The maximum Gasteiger partial charge on any atom is 0.265 e. The number of anilines is 1. The molecule has 0 bridgehead atoms. The van der Waals surface area contributed by atoms with E-state index in [9.17, 15) is 4.79 Å². The lowest BCUT2D eigenvalue weighted by Gasteiger charge is -2.09. The van der Waals surface area contributed by atoms with Crippen LogP contribution in [0, 0.1) is 0 Å². The molecule has 0 saturated heterocycles. The lowest BCUT2D eigenvalue weighted by molar-refractivity contribution is -0.122. The van der Waals surface area contributed by atoms with E-state index in [1.165, 1.54) is 4.68 Å². The van der Waals surface area contributed by atoms with Crippen molar-refractivity contribution >= 4 is 11.6 Å². The summed E-state index contributed by atoms with van der Waals surface area (Å²) in [5, 5.41) is 6.95. The second-order valence-corrected chi connectivity index (χ2v) is 5.13. The standard InChI is InChI=1S/C16H13N5O2/c22-15(14-8-11-4-1-2-5-13(11)23-14)20-12-9-19-21(10-12)16-17-6-3-7-18-16/h1-7,9-10,14H,8H2,(H,20,22)/t14-/m0/s1. The first-order valence-corrected chi connectivity index (χ1v) is 7.17. The summed E-state index contributed by atoms with van der Waals surface area (Å²) in [7, 11) is 0.